The monoisotopic (exact) mass is 607 g/mol. The SMILES string of the molecule is NCCNCc1nccn1-c1ccc(-c2nc(CCc3ccccc3-c3ccccc3)cs2)c(OCCN2CCNC2=O)c1. The van der Waals surface area contributed by atoms with Crippen molar-refractivity contribution in [2.75, 3.05) is 39.3 Å². The van der Waals surface area contributed by atoms with Crippen molar-refractivity contribution in [1.29, 1.82) is 0 Å². The number of hydrogen-bond acceptors (Lipinski definition) is 7. The fourth-order valence-corrected chi connectivity index (χ4v) is 6.28. The molecule has 1 aliphatic heterocycles. The number of carbonyl (C=O) groups is 1. The van der Waals surface area contributed by atoms with E-state index in [4.69, 9.17) is 15.5 Å². The summed E-state index contributed by atoms with van der Waals surface area (Å²) >= 11 is 1.63. The van der Waals surface area contributed by atoms with E-state index < -0.39 is 0 Å². The van der Waals surface area contributed by atoms with Gasteiger partial charge in [-0.15, -0.1) is 11.3 Å². The summed E-state index contributed by atoms with van der Waals surface area (Å²) in [6.45, 7) is 4.14. The second-order valence-electron chi connectivity index (χ2n) is 10.6. The van der Waals surface area contributed by atoms with Crippen LogP contribution in [-0.4, -0.2) is 64.8 Å². The van der Waals surface area contributed by atoms with Gasteiger partial charge < -0.3 is 30.6 Å². The lowest BCUT2D eigenvalue weighted by Crippen LogP contribution is -2.31. The lowest BCUT2D eigenvalue weighted by atomic mass is 9.96. The van der Waals surface area contributed by atoms with Crippen LogP contribution in [0.25, 0.3) is 27.4 Å². The predicted octanol–water partition coefficient (Wildman–Crippen LogP) is 4.90. The number of amides is 2. The van der Waals surface area contributed by atoms with Crippen LogP contribution >= 0.6 is 11.3 Å². The topological polar surface area (TPSA) is 110 Å². The molecule has 0 aliphatic carbocycles. The second-order valence-corrected chi connectivity index (χ2v) is 11.5. The van der Waals surface area contributed by atoms with Crippen molar-refractivity contribution in [3.05, 3.63) is 108 Å². The molecule has 1 aliphatic rings. The first kappa shape index (κ1) is 29.6. The van der Waals surface area contributed by atoms with Crippen molar-refractivity contribution < 1.29 is 9.53 Å². The van der Waals surface area contributed by atoms with Crippen molar-refractivity contribution in [2.45, 2.75) is 19.4 Å². The van der Waals surface area contributed by atoms with E-state index in [0.29, 0.717) is 45.9 Å². The molecule has 1 saturated heterocycles. The van der Waals surface area contributed by atoms with Gasteiger partial charge in [-0.25, -0.2) is 14.8 Å². The minimum atomic E-state index is -0.0472. The molecule has 3 aromatic carbocycles. The zero-order chi connectivity index (χ0) is 30.1. The number of imidazole rings is 1. The highest BCUT2D eigenvalue weighted by Crippen LogP contribution is 2.35. The number of hydrogen-bond donors (Lipinski definition) is 3. The van der Waals surface area contributed by atoms with Gasteiger partial charge in [-0.2, -0.15) is 0 Å². The standard InChI is InChI=1S/C34H37N7O2S/c35-14-15-36-23-32-37-17-19-41(32)28-12-13-30(31(22-28)43-21-20-40-18-16-38-34(40)42)33-39-27(24-44-33)11-10-26-8-4-5-9-29(26)25-6-2-1-3-7-25/h1-9,12-13,17,19,22,24,36H,10-11,14-16,18,20-21,23,35H2,(H,38,42). The summed E-state index contributed by atoms with van der Waals surface area (Å²) in [7, 11) is 0. The number of benzene rings is 3. The Labute approximate surface area is 261 Å². The Balaban J connectivity index is 1.22. The number of nitrogens with one attached hydrogen (secondary N) is 2. The summed E-state index contributed by atoms with van der Waals surface area (Å²) < 4.78 is 8.41. The molecule has 226 valence electrons. The van der Waals surface area contributed by atoms with Crippen molar-refractivity contribution in [2.24, 2.45) is 5.73 Å². The van der Waals surface area contributed by atoms with Crippen LogP contribution in [0.1, 0.15) is 17.1 Å². The summed E-state index contributed by atoms with van der Waals surface area (Å²) in [4.78, 5) is 23.4. The van der Waals surface area contributed by atoms with Crippen LogP contribution in [0.3, 0.4) is 0 Å². The number of ether oxygens (including phenoxy) is 1. The molecular weight excluding hydrogens is 570 g/mol. The predicted molar refractivity (Wildman–Crippen MR) is 175 cm³/mol. The Morgan fingerprint density at radius 3 is 2.73 bits per heavy atom. The molecule has 5 aromatic rings. The number of thiazole rings is 1. The second kappa shape index (κ2) is 14.3. The average Bonchev–Trinajstić information content (AvgIpc) is 3.83. The van der Waals surface area contributed by atoms with Crippen LogP contribution in [0.2, 0.25) is 0 Å². The highest BCUT2D eigenvalue weighted by atomic mass is 32.1. The first-order valence-corrected chi connectivity index (χ1v) is 15.9. The smallest absolute Gasteiger partial charge is 0.317 e. The van der Waals surface area contributed by atoms with Gasteiger partial charge in [-0.3, -0.25) is 0 Å². The lowest BCUT2D eigenvalue weighted by molar-refractivity contribution is 0.203. The minimum absolute atomic E-state index is 0.0472. The first-order valence-electron chi connectivity index (χ1n) is 15.0. The third-order valence-corrected chi connectivity index (χ3v) is 8.59. The van der Waals surface area contributed by atoms with Gasteiger partial charge >= 0.3 is 6.03 Å². The van der Waals surface area contributed by atoms with E-state index in [1.165, 1.54) is 16.7 Å². The number of nitrogens with zero attached hydrogens (tertiary/aromatic N) is 4. The van der Waals surface area contributed by atoms with E-state index in [9.17, 15) is 4.79 Å². The van der Waals surface area contributed by atoms with Crippen LogP contribution in [0.4, 0.5) is 4.79 Å². The zero-order valence-electron chi connectivity index (χ0n) is 24.6. The van der Waals surface area contributed by atoms with Crippen LogP contribution in [0, 0.1) is 0 Å². The van der Waals surface area contributed by atoms with Crippen molar-refractivity contribution >= 4 is 17.4 Å². The number of urea groups is 1. The molecule has 6 rings (SSSR count). The van der Waals surface area contributed by atoms with Gasteiger partial charge in [0.1, 0.15) is 23.2 Å². The highest BCUT2D eigenvalue weighted by molar-refractivity contribution is 7.13. The third-order valence-electron chi connectivity index (χ3n) is 7.66. The molecule has 0 atom stereocenters. The molecule has 0 spiro atoms. The molecule has 9 nitrogen and oxygen atoms in total. The number of aryl methyl sites for hydroxylation is 2. The Morgan fingerprint density at radius 2 is 1.89 bits per heavy atom. The fraction of sp³-hybridized carbons (Fsp3) is 0.265. The molecule has 2 aromatic heterocycles. The number of rotatable bonds is 14. The molecule has 44 heavy (non-hydrogen) atoms. The maximum Gasteiger partial charge on any atom is 0.317 e. The van der Waals surface area contributed by atoms with Crippen molar-refractivity contribution in [3.8, 4) is 33.1 Å². The van der Waals surface area contributed by atoms with Gasteiger partial charge in [-0.05, 0) is 41.7 Å². The van der Waals surface area contributed by atoms with Crippen LogP contribution in [-0.2, 0) is 19.4 Å². The van der Waals surface area contributed by atoms with Crippen LogP contribution < -0.4 is 21.1 Å². The molecule has 0 unspecified atom stereocenters. The van der Waals surface area contributed by atoms with Gasteiger partial charge in [0.25, 0.3) is 0 Å². The quantitative estimate of drug-likeness (QED) is 0.155. The molecule has 1 fully saturated rings. The third kappa shape index (κ3) is 6.99. The number of nitrogens with two attached hydrogens (primary N) is 1. The minimum Gasteiger partial charge on any atom is -0.491 e. The van der Waals surface area contributed by atoms with Crippen molar-refractivity contribution in [3.63, 3.8) is 0 Å². The lowest BCUT2D eigenvalue weighted by Gasteiger charge is -2.17. The van der Waals surface area contributed by atoms with Crippen LogP contribution in [0.5, 0.6) is 5.75 Å². The maximum absolute atomic E-state index is 12.1. The Hall–Kier alpha value is -4.51. The van der Waals surface area contributed by atoms with Gasteiger partial charge in [-0.1, -0.05) is 54.6 Å². The van der Waals surface area contributed by atoms with E-state index in [1.54, 1.807) is 22.4 Å². The van der Waals surface area contributed by atoms with E-state index in [1.807, 2.05) is 22.9 Å². The van der Waals surface area contributed by atoms with E-state index in [2.05, 4.69) is 81.7 Å². The highest BCUT2D eigenvalue weighted by Gasteiger charge is 2.20. The summed E-state index contributed by atoms with van der Waals surface area (Å²) in [5, 5.41) is 9.22. The largest absolute Gasteiger partial charge is 0.491 e. The molecular formula is C34H37N7O2S. The van der Waals surface area contributed by atoms with Crippen molar-refractivity contribution in [1.82, 2.24) is 30.1 Å². The van der Waals surface area contributed by atoms with Gasteiger partial charge in [0.05, 0.1) is 30.0 Å². The Bertz CT molecular complexity index is 1680. The van der Waals surface area contributed by atoms with Gasteiger partial charge in [0.15, 0.2) is 0 Å². The average molecular weight is 608 g/mol. The maximum atomic E-state index is 12.1. The van der Waals surface area contributed by atoms with Gasteiger partial charge in [0.2, 0.25) is 0 Å². The molecule has 2 amide bonds. The molecule has 4 N–H and O–H groups in total. The Morgan fingerprint density at radius 1 is 1.02 bits per heavy atom. The fourth-order valence-electron chi connectivity index (χ4n) is 5.40. The Kier molecular flexibility index (Phi) is 9.61. The van der Waals surface area contributed by atoms with Gasteiger partial charge in [0, 0.05) is 50.0 Å². The normalized spacial score (nSPS) is 12.9. The molecule has 0 bridgehead atoms. The summed E-state index contributed by atoms with van der Waals surface area (Å²) in [6.07, 6.45) is 5.48. The van der Waals surface area contributed by atoms with Crippen LogP contribution in [0.15, 0.2) is 90.6 Å². The molecule has 3 heterocycles. The molecule has 10 heteroatoms. The van der Waals surface area contributed by atoms with E-state index >= 15 is 0 Å². The summed E-state index contributed by atoms with van der Waals surface area (Å²) in [6, 6.07) is 25.2. The van der Waals surface area contributed by atoms with E-state index in [-0.39, 0.29) is 6.03 Å². The molecule has 0 saturated carbocycles. The number of carbonyl (C=O) groups excluding carboxylic acids is 1. The zero-order valence-corrected chi connectivity index (χ0v) is 25.4. The van der Waals surface area contributed by atoms with E-state index in [0.717, 1.165) is 46.4 Å². The summed E-state index contributed by atoms with van der Waals surface area (Å²) in [5.41, 5.74) is 12.4. The molecule has 0 radical (unpaired) electrons. The first-order chi connectivity index (χ1) is 21.7. The number of aromatic nitrogens is 3. The summed E-state index contributed by atoms with van der Waals surface area (Å²) in [5.74, 6) is 1.62.